The summed E-state index contributed by atoms with van der Waals surface area (Å²) >= 11 is 3.28. The summed E-state index contributed by atoms with van der Waals surface area (Å²) in [6, 6.07) is 1.76. The van der Waals surface area contributed by atoms with Gasteiger partial charge in [-0.25, -0.2) is 0 Å². The SMILES string of the molecule is ON=Cc1c(O)c(Br)cc2oc3c(c12)CCCC3. The van der Waals surface area contributed by atoms with Crippen LogP contribution in [0.3, 0.4) is 0 Å². The van der Waals surface area contributed by atoms with Gasteiger partial charge in [-0.15, -0.1) is 0 Å². The molecule has 2 aromatic rings. The Hall–Kier alpha value is -1.49. The van der Waals surface area contributed by atoms with Crippen molar-refractivity contribution < 1.29 is 14.7 Å². The van der Waals surface area contributed by atoms with E-state index >= 15 is 0 Å². The van der Waals surface area contributed by atoms with Gasteiger partial charge in [-0.05, 0) is 41.3 Å². The number of phenols is 1. The number of oxime groups is 1. The van der Waals surface area contributed by atoms with E-state index in [1.165, 1.54) is 6.21 Å². The summed E-state index contributed by atoms with van der Waals surface area (Å²) in [5.74, 6) is 1.07. The van der Waals surface area contributed by atoms with Gasteiger partial charge in [0.15, 0.2) is 0 Å². The second kappa shape index (κ2) is 4.31. The molecular weight excluding hydrogens is 298 g/mol. The Kier molecular flexibility index (Phi) is 2.78. The molecule has 0 radical (unpaired) electrons. The van der Waals surface area contributed by atoms with Crippen LogP contribution in [-0.4, -0.2) is 16.5 Å². The molecule has 0 atom stereocenters. The van der Waals surface area contributed by atoms with Crippen LogP contribution < -0.4 is 0 Å². The summed E-state index contributed by atoms with van der Waals surface area (Å²) in [6.45, 7) is 0. The number of hydrogen-bond acceptors (Lipinski definition) is 4. The van der Waals surface area contributed by atoms with Gasteiger partial charge in [0.2, 0.25) is 0 Å². The van der Waals surface area contributed by atoms with Gasteiger partial charge < -0.3 is 14.7 Å². The fourth-order valence-electron chi connectivity index (χ4n) is 2.60. The molecule has 1 aromatic carbocycles. The molecule has 5 heteroatoms. The third-order valence-electron chi connectivity index (χ3n) is 3.39. The molecule has 18 heavy (non-hydrogen) atoms. The second-order valence-electron chi connectivity index (χ2n) is 4.45. The van der Waals surface area contributed by atoms with Crippen molar-refractivity contribution in [2.45, 2.75) is 25.7 Å². The molecule has 0 fully saturated rings. The number of furan rings is 1. The molecule has 0 bridgehead atoms. The Morgan fingerprint density at radius 3 is 2.89 bits per heavy atom. The minimum absolute atomic E-state index is 0.0782. The van der Waals surface area contributed by atoms with Crippen LogP contribution in [0.25, 0.3) is 11.0 Å². The first-order chi connectivity index (χ1) is 8.72. The Morgan fingerprint density at radius 1 is 1.33 bits per heavy atom. The largest absolute Gasteiger partial charge is 0.506 e. The molecule has 1 aromatic heterocycles. The highest BCUT2D eigenvalue weighted by molar-refractivity contribution is 9.10. The number of benzene rings is 1. The maximum absolute atomic E-state index is 10.1. The normalized spacial score (nSPS) is 15.4. The van der Waals surface area contributed by atoms with Crippen molar-refractivity contribution in [3.8, 4) is 5.75 Å². The van der Waals surface area contributed by atoms with Gasteiger partial charge in [-0.1, -0.05) is 5.16 Å². The number of hydrogen-bond donors (Lipinski definition) is 2. The summed E-state index contributed by atoms with van der Waals surface area (Å²) in [5.41, 5.74) is 2.37. The maximum Gasteiger partial charge on any atom is 0.139 e. The van der Waals surface area contributed by atoms with Gasteiger partial charge in [0.1, 0.15) is 17.1 Å². The molecule has 94 valence electrons. The zero-order valence-corrected chi connectivity index (χ0v) is 11.2. The molecule has 1 heterocycles. The van der Waals surface area contributed by atoms with E-state index in [0.29, 0.717) is 10.0 Å². The monoisotopic (exact) mass is 309 g/mol. The Morgan fingerprint density at radius 2 is 2.11 bits per heavy atom. The van der Waals surface area contributed by atoms with Crippen LogP contribution in [0, 0.1) is 0 Å². The summed E-state index contributed by atoms with van der Waals surface area (Å²) in [4.78, 5) is 0. The van der Waals surface area contributed by atoms with Crippen molar-refractivity contribution in [1.29, 1.82) is 0 Å². The summed E-state index contributed by atoms with van der Waals surface area (Å²) in [7, 11) is 0. The first kappa shape index (κ1) is 11.6. The zero-order chi connectivity index (χ0) is 12.7. The summed E-state index contributed by atoms with van der Waals surface area (Å²) in [6.07, 6.45) is 5.37. The number of aryl methyl sites for hydroxylation is 2. The average Bonchev–Trinajstić information content (AvgIpc) is 2.72. The van der Waals surface area contributed by atoms with Crippen LogP contribution in [0.4, 0.5) is 0 Å². The van der Waals surface area contributed by atoms with Crippen molar-refractivity contribution >= 4 is 33.1 Å². The smallest absolute Gasteiger partial charge is 0.139 e. The van der Waals surface area contributed by atoms with Gasteiger partial charge in [-0.2, -0.15) is 0 Å². The summed E-state index contributed by atoms with van der Waals surface area (Å²) in [5, 5.41) is 22.7. The fourth-order valence-corrected chi connectivity index (χ4v) is 3.02. The lowest BCUT2D eigenvalue weighted by Gasteiger charge is -2.10. The molecule has 1 aliphatic carbocycles. The van der Waals surface area contributed by atoms with Crippen LogP contribution in [0.1, 0.15) is 29.7 Å². The minimum atomic E-state index is 0.0782. The molecular formula is C13H12BrNO3. The first-order valence-electron chi connectivity index (χ1n) is 5.85. The van der Waals surface area contributed by atoms with Gasteiger partial charge in [-0.3, -0.25) is 0 Å². The molecule has 1 aliphatic rings. The number of halogens is 1. The van der Waals surface area contributed by atoms with Crippen LogP contribution in [0.15, 0.2) is 20.1 Å². The van der Waals surface area contributed by atoms with Crippen LogP contribution >= 0.6 is 15.9 Å². The Balaban J connectivity index is 2.40. The third-order valence-corrected chi connectivity index (χ3v) is 4.00. The molecule has 3 rings (SSSR count). The van der Waals surface area contributed by atoms with E-state index in [-0.39, 0.29) is 5.75 Å². The topological polar surface area (TPSA) is 66.0 Å². The molecule has 0 spiro atoms. The number of fused-ring (bicyclic) bond motifs is 3. The van der Waals surface area contributed by atoms with E-state index in [1.54, 1.807) is 6.07 Å². The van der Waals surface area contributed by atoms with Crippen molar-refractivity contribution in [3.63, 3.8) is 0 Å². The predicted molar refractivity (Wildman–Crippen MR) is 71.6 cm³/mol. The highest BCUT2D eigenvalue weighted by Gasteiger charge is 2.22. The van der Waals surface area contributed by atoms with Crippen molar-refractivity contribution in [1.82, 2.24) is 0 Å². The molecule has 0 saturated carbocycles. The third kappa shape index (κ3) is 1.61. The molecule has 0 saturated heterocycles. The fraction of sp³-hybridized carbons (Fsp3) is 0.308. The van der Waals surface area contributed by atoms with Gasteiger partial charge >= 0.3 is 0 Å². The van der Waals surface area contributed by atoms with Gasteiger partial charge in [0.05, 0.1) is 16.3 Å². The zero-order valence-electron chi connectivity index (χ0n) is 9.61. The van der Waals surface area contributed by atoms with E-state index in [4.69, 9.17) is 9.62 Å². The van der Waals surface area contributed by atoms with Crippen molar-refractivity contribution in [2.24, 2.45) is 5.16 Å². The molecule has 0 unspecified atom stereocenters. The lowest BCUT2D eigenvalue weighted by atomic mass is 9.94. The van der Waals surface area contributed by atoms with Crippen LogP contribution in [0.5, 0.6) is 5.75 Å². The molecule has 4 nitrogen and oxygen atoms in total. The number of phenolic OH excluding ortho intramolecular Hbond substituents is 1. The van der Waals surface area contributed by atoms with E-state index in [1.807, 2.05) is 0 Å². The predicted octanol–water partition coefficient (Wildman–Crippen LogP) is 3.59. The van der Waals surface area contributed by atoms with E-state index < -0.39 is 0 Å². The quantitative estimate of drug-likeness (QED) is 0.480. The van der Waals surface area contributed by atoms with E-state index in [0.717, 1.165) is 48.0 Å². The highest BCUT2D eigenvalue weighted by Crippen LogP contribution is 2.40. The lowest BCUT2D eigenvalue weighted by molar-refractivity contribution is 0.321. The summed E-state index contributed by atoms with van der Waals surface area (Å²) < 4.78 is 6.37. The highest BCUT2D eigenvalue weighted by atomic mass is 79.9. The van der Waals surface area contributed by atoms with Crippen molar-refractivity contribution in [2.75, 3.05) is 0 Å². The standard InChI is InChI=1S/C13H12BrNO3/c14-9-5-11-12(8(6-15-17)13(9)16)7-3-1-2-4-10(7)18-11/h5-6,16-17H,1-4H2. The molecule has 0 amide bonds. The first-order valence-corrected chi connectivity index (χ1v) is 6.65. The van der Waals surface area contributed by atoms with Gasteiger partial charge in [0.25, 0.3) is 0 Å². The number of rotatable bonds is 1. The van der Waals surface area contributed by atoms with Crippen molar-refractivity contribution in [3.05, 3.63) is 27.4 Å². The lowest BCUT2D eigenvalue weighted by Crippen LogP contribution is -1.99. The number of aromatic hydroxyl groups is 1. The van der Waals surface area contributed by atoms with Gasteiger partial charge in [0, 0.05) is 17.4 Å². The Labute approximate surface area is 112 Å². The Bertz CT molecular complexity index is 645. The molecule has 2 N–H and O–H groups in total. The molecule has 0 aliphatic heterocycles. The second-order valence-corrected chi connectivity index (χ2v) is 5.30. The van der Waals surface area contributed by atoms with Crippen LogP contribution in [0.2, 0.25) is 0 Å². The van der Waals surface area contributed by atoms with E-state index in [9.17, 15) is 5.11 Å². The van der Waals surface area contributed by atoms with Crippen LogP contribution in [-0.2, 0) is 12.8 Å². The van der Waals surface area contributed by atoms with E-state index in [2.05, 4.69) is 21.1 Å². The maximum atomic E-state index is 10.1. The average molecular weight is 310 g/mol. The number of nitrogens with zero attached hydrogens (tertiary/aromatic N) is 1. The minimum Gasteiger partial charge on any atom is -0.506 e.